The summed E-state index contributed by atoms with van der Waals surface area (Å²) in [6.45, 7) is 7.87. The fourth-order valence-corrected chi connectivity index (χ4v) is 1.87. The highest BCUT2D eigenvalue weighted by Crippen LogP contribution is 2.25. The van der Waals surface area contributed by atoms with Crippen molar-refractivity contribution in [2.45, 2.75) is 34.1 Å². The van der Waals surface area contributed by atoms with Crippen LogP contribution in [0.3, 0.4) is 0 Å². The van der Waals surface area contributed by atoms with Gasteiger partial charge in [0, 0.05) is 5.92 Å². The molecule has 0 aliphatic heterocycles. The quantitative estimate of drug-likeness (QED) is 0.636. The third kappa shape index (κ3) is 5.50. The highest BCUT2D eigenvalue weighted by atomic mass is 16.5. The maximum atomic E-state index is 11.9. The molecule has 4 nitrogen and oxygen atoms in total. The number of ether oxygens (including phenoxy) is 1. The molecule has 102 valence electrons. The minimum absolute atomic E-state index is 0.0888. The maximum absolute atomic E-state index is 11.9. The number of esters is 1. The van der Waals surface area contributed by atoms with Gasteiger partial charge in [0.05, 0.1) is 25.7 Å². The molecule has 0 radical (unpaired) electrons. The first-order valence-corrected chi connectivity index (χ1v) is 6.36. The first kappa shape index (κ1) is 16.4. The van der Waals surface area contributed by atoms with Gasteiger partial charge in [0.2, 0.25) is 0 Å². The summed E-state index contributed by atoms with van der Waals surface area (Å²) < 4.78 is 5.17. The summed E-state index contributed by atoms with van der Waals surface area (Å²) in [7, 11) is 0. The lowest BCUT2D eigenvalue weighted by Gasteiger charge is -2.25. The van der Waals surface area contributed by atoms with Crippen LogP contribution in [0.4, 0.5) is 0 Å². The van der Waals surface area contributed by atoms with E-state index in [1.807, 2.05) is 20.8 Å². The summed E-state index contributed by atoms with van der Waals surface area (Å²) in [4.78, 5) is 11.9. The maximum Gasteiger partial charge on any atom is 0.309 e. The van der Waals surface area contributed by atoms with Crippen molar-refractivity contribution in [1.82, 2.24) is 0 Å². The van der Waals surface area contributed by atoms with Gasteiger partial charge in [-0.25, -0.2) is 0 Å². The van der Waals surface area contributed by atoms with Crippen molar-refractivity contribution in [3.05, 3.63) is 0 Å². The highest BCUT2D eigenvalue weighted by Gasteiger charge is 2.28. The molecule has 0 spiro atoms. The Hall–Kier alpha value is -0.610. The van der Waals surface area contributed by atoms with Crippen LogP contribution in [0.15, 0.2) is 0 Å². The molecule has 0 aliphatic carbocycles. The molecule has 0 aliphatic rings. The zero-order valence-corrected chi connectivity index (χ0v) is 11.3. The van der Waals surface area contributed by atoms with Crippen molar-refractivity contribution in [3.8, 4) is 0 Å². The lowest BCUT2D eigenvalue weighted by atomic mass is 9.83. The molecular weight excluding hydrogens is 220 g/mol. The van der Waals surface area contributed by atoms with Crippen molar-refractivity contribution in [1.29, 1.82) is 0 Å². The van der Waals surface area contributed by atoms with E-state index in [1.165, 1.54) is 0 Å². The third-order valence-electron chi connectivity index (χ3n) is 3.23. The predicted octanol–water partition coefficient (Wildman–Crippen LogP) is 1.45. The minimum Gasteiger partial charge on any atom is -0.465 e. The Labute approximate surface area is 104 Å². The summed E-state index contributed by atoms with van der Waals surface area (Å²) in [5, 5.41) is 17.8. The third-order valence-corrected chi connectivity index (χ3v) is 3.23. The molecule has 0 aromatic rings. The molecule has 0 heterocycles. The fraction of sp³-hybridized carbons (Fsp3) is 0.923. The summed E-state index contributed by atoms with van der Waals surface area (Å²) in [6, 6.07) is 0. The van der Waals surface area contributed by atoms with Crippen LogP contribution in [-0.2, 0) is 9.53 Å². The van der Waals surface area contributed by atoms with E-state index in [9.17, 15) is 4.79 Å². The Morgan fingerprint density at radius 1 is 1.18 bits per heavy atom. The zero-order valence-electron chi connectivity index (χ0n) is 11.3. The summed E-state index contributed by atoms with van der Waals surface area (Å²) in [6.07, 6.45) is 0.932. The highest BCUT2D eigenvalue weighted by molar-refractivity contribution is 5.73. The van der Waals surface area contributed by atoms with Gasteiger partial charge in [-0.2, -0.15) is 0 Å². The number of rotatable bonds is 8. The Kier molecular flexibility index (Phi) is 8.17. The Balaban J connectivity index is 4.33. The Morgan fingerprint density at radius 2 is 1.71 bits per heavy atom. The predicted molar refractivity (Wildman–Crippen MR) is 66.4 cm³/mol. The van der Waals surface area contributed by atoms with Crippen LogP contribution in [0.25, 0.3) is 0 Å². The fourth-order valence-electron chi connectivity index (χ4n) is 1.87. The molecule has 0 saturated carbocycles. The first-order valence-electron chi connectivity index (χ1n) is 6.36. The SMILES string of the molecule is CCC(C)C(C(=O)OCC(CO)CO)C(C)C. The van der Waals surface area contributed by atoms with E-state index >= 15 is 0 Å². The monoisotopic (exact) mass is 246 g/mol. The van der Waals surface area contributed by atoms with E-state index in [2.05, 4.69) is 6.92 Å². The molecule has 0 bridgehead atoms. The molecule has 2 unspecified atom stereocenters. The second-order valence-corrected chi connectivity index (χ2v) is 5.02. The molecule has 0 fully saturated rings. The molecule has 0 aromatic carbocycles. The number of carbonyl (C=O) groups excluding carboxylic acids is 1. The van der Waals surface area contributed by atoms with E-state index < -0.39 is 0 Å². The van der Waals surface area contributed by atoms with E-state index in [-0.39, 0.29) is 49.5 Å². The molecule has 2 atom stereocenters. The van der Waals surface area contributed by atoms with Crippen LogP contribution < -0.4 is 0 Å². The Morgan fingerprint density at radius 3 is 2.06 bits per heavy atom. The average Bonchev–Trinajstić information content (AvgIpc) is 2.29. The van der Waals surface area contributed by atoms with E-state index in [0.717, 1.165) is 6.42 Å². The van der Waals surface area contributed by atoms with Gasteiger partial charge < -0.3 is 14.9 Å². The average molecular weight is 246 g/mol. The van der Waals surface area contributed by atoms with E-state index in [4.69, 9.17) is 14.9 Å². The van der Waals surface area contributed by atoms with Crippen LogP contribution in [0.1, 0.15) is 34.1 Å². The van der Waals surface area contributed by atoms with Crippen molar-refractivity contribution in [3.63, 3.8) is 0 Å². The second kappa shape index (κ2) is 8.48. The van der Waals surface area contributed by atoms with Gasteiger partial charge in [-0.3, -0.25) is 4.79 Å². The lowest BCUT2D eigenvalue weighted by Crippen LogP contribution is -2.31. The molecular formula is C13H26O4. The van der Waals surface area contributed by atoms with Crippen molar-refractivity contribution in [2.24, 2.45) is 23.7 Å². The molecule has 4 heteroatoms. The first-order chi connectivity index (χ1) is 7.97. The van der Waals surface area contributed by atoms with Crippen LogP contribution in [-0.4, -0.2) is 36.0 Å². The van der Waals surface area contributed by atoms with Gasteiger partial charge in [0.1, 0.15) is 0 Å². The molecule has 0 saturated heterocycles. The van der Waals surface area contributed by atoms with Crippen LogP contribution in [0, 0.1) is 23.7 Å². The molecule has 0 aromatic heterocycles. The number of aliphatic hydroxyl groups is 2. The van der Waals surface area contributed by atoms with Gasteiger partial charge in [0.15, 0.2) is 0 Å². The normalized spacial score (nSPS) is 15.1. The molecule has 17 heavy (non-hydrogen) atoms. The smallest absolute Gasteiger partial charge is 0.309 e. The van der Waals surface area contributed by atoms with Crippen molar-refractivity contribution in [2.75, 3.05) is 19.8 Å². The van der Waals surface area contributed by atoms with Gasteiger partial charge >= 0.3 is 5.97 Å². The summed E-state index contributed by atoms with van der Waals surface area (Å²) >= 11 is 0. The molecule has 0 amide bonds. The standard InChI is InChI=1S/C13H26O4/c1-5-10(4)12(9(2)3)13(16)17-8-11(6-14)7-15/h9-12,14-15H,5-8H2,1-4H3. The van der Waals surface area contributed by atoms with Gasteiger partial charge in [0.25, 0.3) is 0 Å². The van der Waals surface area contributed by atoms with E-state index in [0.29, 0.717) is 0 Å². The number of hydrogen-bond acceptors (Lipinski definition) is 4. The minimum atomic E-state index is -0.372. The Bertz CT molecular complexity index is 211. The molecule has 0 rings (SSSR count). The van der Waals surface area contributed by atoms with Crippen LogP contribution in [0.2, 0.25) is 0 Å². The molecule has 2 N–H and O–H groups in total. The number of carbonyl (C=O) groups is 1. The van der Waals surface area contributed by atoms with E-state index in [1.54, 1.807) is 0 Å². The van der Waals surface area contributed by atoms with Gasteiger partial charge in [-0.15, -0.1) is 0 Å². The zero-order chi connectivity index (χ0) is 13.4. The summed E-state index contributed by atoms with van der Waals surface area (Å²) in [5.41, 5.74) is 0. The van der Waals surface area contributed by atoms with Crippen LogP contribution in [0.5, 0.6) is 0 Å². The lowest BCUT2D eigenvalue weighted by molar-refractivity contribution is -0.154. The van der Waals surface area contributed by atoms with Crippen molar-refractivity contribution < 1.29 is 19.7 Å². The van der Waals surface area contributed by atoms with Crippen LogP contribution >= 0.6 is 0 Å². The topological polar surface area (TPSA) is 66.8 Å². The summed E-state index contributed by atoms with van der Waals surface area (Å²) in [5.74, 6) is -0.189. The van der Waals surface area contributed by atoms with Crippen molar-refractivity contribution >= 4 is 5.97 Å². The number of hydrogen-bond donors (Lipinski definition) is 2. The van der Waals surface area contributed by atoms with Gasteiger partial charge in [-0.05, 0) is 11.8 Å². The largest absolute Gasteiger partial charge is 0.465 e. The number of aliphatic hydroxyl groups excluding tert-OH is 2. The van der Waals surface area contributed by atoms with Gasteiger partial charge in [-0.1, -0.05) is 34.1 Å². The second-order valence-electron chi connectivity index (χ2n) is 5.02.